The van der Waals surface area contributed by atoms with Crippen molar-refractivity contribution in [3.8, 4) is 0 Å². The fourth-order valence-electron chi connectivity index (χ4n) is 1.96. The topological polar surface area (TPSA) is 50.4 Å². The lowest BCUT2D eigenvalue weighted by molar-refractivity contribution is -0.124. The second-order valence-corrected chi connectivity index (χ2v) is 4.38. The van der Waals surface area contributed by atoms with Crippen LogP contribution in [0.1, 0.15) is 39.0 Å². The Hall–Kier alpha value is -0.610. The average Bonchev–Trinajstić information content (AvgIpc) is 2.31. The predicted octanol–water partition coefficient (Wildman–Crippen LogP) is 1.06. The monoisotopic (exact) mass is 228 g/mol. The van der Waals surface area contributed by atoms with Gasteiger partial charge in [0, 0.05) is 19.3 Å². The smallest absolute Gasteiger partial charge is 0.237 e. The Kier molecular flexibility index (Phi) is 6.42. The first-order valence-electron chi connectivity index (χ1n) is 6.33. The summed E-state index contributed by atoms with van der Waals surface area (Å²) in [6.45, 7) is 3.68. The largest absolute Gasteiger partial charge is 0.381 e. The number of carbonyl (C=O) groups excluding carboxylic acids is 1. The van der Waals surface area contributed by atoms with E-state index in [0.717, 1.165) is 45.3 Å². The summed E-state index contributed by atoms with van der Waals surface area (Å²) in [5.74, 6) is 0.142. The lowest BCUT2D eigenvalue weighted by atomic mass is 10.1. The Bertz CT molecular complexity index is 203. The number of carbonyl (C=O) groups is 1. The molecule has 94 valence electrons. The van der Waals surface area contributed by atoms with E-state index in [4.69, 9.17) is 4.74 Å². The zero-order valence-electron chi connectivity index (χ0n) is 10.4. The summed E-state index contributed by atoms with van der Waals surface area (Å²) < 4.78 is 5.27. The highest BCUT2D eigenvalue weighted by Crippen LogP contribution is 2.07. The minimum atomic E-state index is -0.0391. The number of hydrogen-bond donors (Lipinski definition) is 2. The maximum atomic E-state index is 11.9. The maximum Gasteiger partial charge on any atom is 0.237 e. The second kappa shape index (κ2) is 7.63. The average molecular weight is 228 g/mol. The first-order chi connectivity index (χ1) is 7.77. The minimum absolute atomic E-state index is 0.0391. The molecule has 1 aliphatic rings. The molecule has 4 nitrogen and oxygen atoms in total. The summed E-state index contributed by atoms with van der Waals surface area (Å²) in [4.78, 5) is 11.9. The van der Waals surface area contributed by atoms with E-state index in [9.17, 15) is 4.79 Å². The molecule has 0 spiro atoms. The van der Waals surface area contributed by atoms with Crippen molar-refractivity contribution in [2.24, 2.45) is 0 Å². The van der Waals surface area contributed by atoms with E-state index in [0.29, 0.717) is 6.04 Å². The lowest BCUT2D eigenvalue weighted by Gasteiger charge is -2.25. The molecule has 1 unspecified atom stereocenters. The quantitative estimate of drug-likeness (QED) is 0.714. The van der Waals surface area contributed by atoms with Gasteiger partial charge in [0.1, 0.15) is 0 Å². The zero-order valence-corrected chi connectivity index (χ0v) is 10.4. The Morgan fingerprint density at radius 1 is 1.44 bits per heavy atom. The summed E-state index contributed by atoms with van der Waals surface area (Å²) in [6.07, 6.45) is 5.02. The lowest BCUT2D eigenvalue weighted by Crippen LogP contribution is -2.48. The van der Waals surface area contributed by atoms with Gasteiger partial charge in [0.25, 0.3) is 0 Å². The number of amides is 1. The van der Waals surface area contributed by atoms with Crippen LogP contribution in [-0.4, -0.2) is 38.3 Å². The SMILES string of the molecule is CCCCC(NC)C(=O)NC1CCOCC1. The first kappa shape index (κ1) is 13.5. The third kappa shape index (κ3) is 4.49. The number of hydrogen-bond acceptors (Lipinski definition) is 3. The van der Waals surface area contributed by atoms with Crippen molar-refractivity contribution in [1.82, 2.24) is 10.6 Å². The number of nitrogens with one attached hydrogen (secondary N) is 2. The van der Waals surface area contributed by atoms with Crippen LogP contribution in [0.4, 0.5) is 0 Å². The van der Waals surface area contributed by atoms with Gasteiger partial charge in [-0.15, -0.1) is 0 Å². The van der Waals surface area contributed by atoms with Gasteiger partial charge in [0.15, 0.2) is 0 Å². The molecular weight excluding hydrogens is 204 g/mol. The van der Waals surface area contributed by atoms with Gasteiger partial charge in [-0.3, -0.25) is 4.79 Å². The summed E-state index contributed by atoms with van der Waals surface area (Å²) in [5, 5.41) is 6.18. The van der Waals surface area contributed by atoms with Crippen molar-refractivity contribution in [1.29, 1.82) is 0 Å². The van der Waals surface area contributed by atoms with Crippen LogP contribution in [0.15, 0.2) is 0 Å². The molecule has 1 rings (SSSR count). The molecule has 1 fully saturated rings. The third-order valence-electron chi connectivity index (χ3n) is 3.08. The Balaban J connectivity index is 2.29. The zero-order chi connectivity index (χ0) is 11.8. The highest BCUT2D eigenvalue weighted by atomic mass is 16.5. The van der Waals surface area contributed by atoms with E-state index < -0.39 is 0 Å². The van der Waals surface area contributed by atoms with Gasteiger partial charge >= 0.3 is 0 Å². The fraction of sp³-hybridized carbons (Fsp3) is 0.917. The first-order valence-corrected chi connectivity index (χ1v) is 6.33. The summed E-state index contributed by atoms with van der Waals surface area (Å²) >= 11 is 0. The van der Waals surface area contributed by atoms with E-state index in [1.165, 1.54) is 0 Å². The Labute approximate surface area is 98.1 Å². The number of likely N-dealkylation sites (N-methyl/N-ethyl adjacent to an activating group) is 1. The highest BCUT2D eigenvalue weighted by molar-refractivity contribution is 5.81. The summed E-state index contributed by atoms with van der Waals surface area (Å²) in [6, 6.07) is 0.265. The van der Waals surface area contributed by atoms with E-state index in [2.05, 4.69) is 17.6 Å². The normalized spacial score (nSPS) is 19.4. The van der Waals surface area contributed by atoms with E-state index in [1.807, 2.05) is 7.05 Å². The van der Waals surface area contributed by atoms with Gasteiger partial charge < -0.3 is 15.4 Å². The molecule has 0 saturated carbocycles. The molecule has 0 radical (unpaired) electrons. The van der Waals surface area contributed by atoms with Crippen molar-refractivity contribution in [3.63, 3.8) is 0 Å². The van der Waals surface area contributed by atoms with Crippen LogP contribution in [-0.2, 0) is 9.53 Å². The summed E-state index contributed by atoms with van der Waals surface area (Å²) in [7, 11) is 1.85. The van der Waals surface area contributed by atoms with Crippen LogP contribution in [0.25, 0.3) is 0 Å². The molecule has 16 heavy (non-hydrogen) atoms. The van der Waals surface area contributed by atoms with Gasteiger partial charge in [0.05, 0.1) is 6.04 Å². The van der Waals surface area contributed by atoms with Crippen molar-refractivity contribution in [3.05, 3.63) is 0 Å². The van der Waals surface area contributed by atoms with Crippen LogP contribution in [0.5, 0.6) is 0 Å². The van der Waals surface area contributed by atoms with Gasteiger partial charge in [0.2, 0.25) is 5.91 Å². The van der Waals surface area contributed by atoms with Gasteiger partial charge in [-0.1, -0.05) is 19.8 Å². The minimum Gasteiger partial charge on any atom is -0.381 e. The molecule has 1 atom stereocenters. The number of rotatable bonds is 6. The molecule has 1 saturated heterocycles. The molecular formula is C12H24N2O2. The molecule has 0 aromatic carbocycles. The number of ether oxygens (including phenoxy) is 1. The van der Waals surface area contributed by atoms with Gasteiger partial charge in [-0.2, -0.15) is 0 Å². The molecule has 0 bridgehead atoms. The molecule has 4 heteroatoms. The fourth-order valence-corrected chi connectivity index (χ4v) is 1.96. The van der Waals surface area contributed by atoms with Crippen molar-refractivity contribution >= 4 is 5.91 Å². The third-order valence-corrected chi connectivity index (χ3v) is 3.08. The summed E-state index contributed by atoms with van der Waals surface area (Å²) in [5.41, 5.74) is 0. The Morgan fingerprint density at radius 3 is 2.69 bits per heavy atom. The van der Waals surface area contributed by atoms with Crippen molar-refractivity contribution in [2.45, 2.75) is 51.1 Å². The van der Waals surface area contributed by atoms with Crippen LogP contribution >= 0.6 is 0 Å². The van der Waals surface area contributed by atoms with E-state index in [-0.39, 0.29) is 11.9 Å². The van der Waals surface area contributed by atoms with Crippen LogP contribution in [0.3, 0.4) is 0 Å². The predicted molar refractivity (Wildman–Crippen MR) is 64.4 cm³/mol. The molecule has 0 aliphatic carbocycles. The number of unbranched alkanes of at least 4 members (excludes halogenated alkanes) is 1. The highest BCUT2D eigenvalue weighted by Gasteiger charge is 2.20. The molecule has 1 heterocycles. The maximum absolute atomic E-state index is 11.9. The van der Waals surface area contributed by atoms with Crippen LogP contribution < -0.4 is 10.6 Å². The van der Waals surface area contributed by atoms with E-state index >= 15 is 0 Å². The van der Waals surface area contributed by atoms with Gasteiger partial charge in [-0.05, 0) is 26.3 Å². The Morgan fingerprint density at radius 2 is 2.12 bits per heavy atom. The molecule has 1 amide bonds. The van der Waals surface area contributed by atoms with Crippen LogP contribution in [0, 0.1) is 0 Å². The van der Waals surface area contributed by atoms with E-state index in [1.54, 1.807) is 0 Å². The van der Waals surface area contributed by atoms with Crippen LogP contribution in [0.2, 0.25) is 0 Å². The molecule has 0 aromatic heterocycles. The van der Waals surface area contributed by atoms with Crippen molar-refractivity contribution in [2.75, 3.05) is 20.3 Å². The molecule has 2 N–H and O–H groups in total. The molecule has 0 aromatic rings. The standard InChI is InChI=1S/C12H24N2O2/c1-3-4-5-11(13-2)12(15)14-10-6-8-16-9-7-10/h10-11,13H,3-9H2,1-2H3,(H,14,15). The van der Waals surface area contributed by atoms with Gasteiger partial charge in [-0.25, -0.2) is 0 Å². The van der Waals surface area contributed by atoms with Crippen molar-refractivity contribution < 1.29 is 9.53 Å². The molecule has 1 aliphatic heterocycles. The second-order valence-electron chi connectivity index (χ2n) is 4.38.